The minimum absolute atomic E-state index is 0.199. The van der Waals surface area contributed by atoms with Crippen LogP contribution < -0.4 is 5.32 Å². The Labute approximate surface area is 483 Å². The van der Waals surface area contributed by atoms with Crippen LogP contribution in [0.1, 0.15) is 316 Å². The molecular weight excluding hydrogens is 1000 g/mol. The Kier molecular flexibility index (Phi) is 48.2. The number of aliphatic hydroxyl groups is 8. The average molecular weight is 1130 g/mol. The molecule has 14 nitrogen and oxygen atoms in total. The van der Waals surface area contributed by atoms with Crippen LogP contribution in [0.5, 0.6) is 0 Å². The van der Waals surface area contributed by atoms with E-state index in [-0.39, 0.29) is 12.5 Å². The van der Waals surface area contributed by atoms with Gasteiger partial charge in [0.2, 0.25) is 5.91 Å². The Balaban J connectivity index is 1.66. The smallest absolute Gasteiger partial charge is 0.220 e. The van der Waals surface area contributed by atoms with Crippen LogP contribution in [0.25, 0.3) is 0 Å². The summed E-state index contributed by atoms with van der Waals surface area (Å²) in [6.07, 6.45) is 42.6. The molecule has 14 heteroatoms. The van der Waals surface area contributed by atoms with Crippen molar-refractivity contribution in [2.75, 3.05) is 19.8 Å². The van der Waals surface area contributed by atoms with E-state index in [2.05, 4.69) is 19.2 Å². The maximum Gasteiger partial charge on any atom is 0.220 e. The Hall–Kier alpha value is -1.01. The molecule has 12 atom stereocenters. The molecule has 12 unspecified atom stereocenters. The van der Waals surface area contributed by atoms with Crippen LogP contribution >= 0.6 is 0 Å². The lowest BCUT2D eigenvalue weighted by molar-refractivity contribution is -0.359. The summed E-state index contributed by atoms with van der Waals surface area (Å²) < 4.78 is 22.9. The number of carbonyl (C=O) groups is 1. The van der Waals surface area contributed by atoms with Gasteiger partial charge in [-0.05, 0) is 12.8 Å². The molecule has 0 spiro atoms. The first kappa shape index (κ1) is 74.1. The van der Waals surface area contributed by atoms with Crippen molar-refractivity contribution in [1.82, 2.24) is 5.32 Å². The molecular formula is C65H127NO13. The number of rotatable bonds is 56. The van der Waals surface area contributed by atoms with E-state index in [1.54, 1.807) is 0 Å². The molecule has 0 aromatic carbocycles. The maximum atomic E-state index is 13.3. The normalized spacial score (nSPS) is 24.3. The highest BCUT2D eigenvalue weighted by molar-refractivity contribution is 5.76. The summed E-state index contributed by atoms with van der Waals surface area (Å²) >= 11 is 0. The van der Waals surface area contributed by atoms with Crippen molar-refractivity contribution in [3.05, 3.63) is 0 Å². The molecule has 1 amide bonds. The van der Waals surface area contributed by atoms with E-state index in [0.29, 0.717) is 12.8 Å². The Bertz CT molecular complexity index is 1330. The lowest BCUT2D eigenvalue weighted by Crippen LogP contribution is -2.65. The second kappa shape index (κ2) is 51.4. The van der Waals surface area contributed by atoms with E-state index in [4.69, 9.17) is 18.9 Å². The fourth-order valence-corrected chi connectivity index (χ4v) is 11.7. The van der Waals surface area contributed by atoms with Crippen LogP contribution in [0.2, 0.25) is 0 Å². The minimum Gasteiger partial charge on any atom is -0.394 e. The number of nitrogens with one attached hydrogen (secondary N) is 1. The van der Waals surface area contributed by atoms with E-state index >= 15 is 0 Å². The van der Waals surface area contributed by atoms with E-state index in [1.165, 1.54) is 238 Å². The minimum atomic E-state index is -1.78. The third kappa shape index (κ3) is 36.4. The zero-order valence-corrected chi connectivity index (χ0v) is 50.9. The van der Waals surface area contributed by atoms with Crippen molar-refractivity contribution in [3.63, 3.8) is 0 Å². The van der Waals surface area contributed by atoms with Crippen LogP contribution in [-0.4, -0.2) is 140 Å². The molecule has 79 heavy (non-hydrogen) atoms. The van der Waals surface area contributed by atoms with Crippen LogP contribution in [-0.2, 0) is 23.7 Å². The van der Waals surface area contributed by atoms with Crippen molar-refractivity contribution in [2.24, 2.45) is 0 Å². The van der Waals surface area contributed by atoms with Gasteiger partial charge in [0.15, 0.2) is 12.6 Å². The lowest BCUT2D eigenvalue weighted by Gasteiger charge is -2.46. The average Bonchev–Trinajstić information content (AvgIpc) is 3.47. The number of amides is 1. The van der Waals surface area contributed by atoms with Crippen molar-refractivity contribution in [1.29, 1.82) is 0 Å². The van der Waals surface area contributed by atoms with Crippen molar-refractivity contribution >= 4 is 5.91 Å². The molecule has 9 N–H and O–H groups in total. The topological polar surface area (TPSA) is 228 Å². The number of carbonyl (C=O) groups excluding carboxylic acids is 1. The van der Waals surface area contributed by atoms with Gasteiger partial charge >= 0.3 is 0 Å². The quantitative estimate of drug-likeness (QED) is 0.0259. The predicted molar refractivity (Wildman–Crippen MR) is 319 cm³/mol. The zero-order chi connectivity index (χ0) is 57.4. The summed E-state index contributed by atoms with van der Waals surface area (Å²) in [7, 11) is 0. The van der Waals surface area contributed by atoms with Crippen LogP contribution in [0.15, 0.2) is 0 Å². The summed E-state index contributed by atoms with van der Waals surface area (Å²) in [6.45, 7) is 2.92. The van der Waals surface area contributed by atoms with Crippen molar-refractivity contribution in [2.45, 2.75) is 389 Å². The number of ether oxygens (including phenoxy) is 4. The molecule has 0 saturated carbocycles. The molecule has 0 aliphatic carbocycles. The number of aliphatic hydroxyl groups excluding tert-OH is 8. The monoisotopic (exact) mass is 1130 g/mol. The zero-order valence-electron chi connectivity index (χ0n) is 50.9. The second-order valence-corrected chi connectivity index (χ2v) is 24.3. The maximum absolute atomic E-state index is 13.3. The molecule has 470 valence electrons. The first-order valence-corrected chi connectivity index (χ1v) is 33.8. The third-order valence-electron chi connectivity index (χ3n) is 17.1. The van der Waals surface area contributed by atoms with Crippen LogP contribution in [0.3, 0.4) is 0 Å². The highest BCUT2D eigenvalue weighted by Crippen LogP contribution is 2.30. The molecule has 2 saturated heterocycles. The second-order valence-electron chi connectivity index (χ2n) is 24.3. The van der Waals surface area contributed by atoms with Gasteiger partial charge in [-0.3, -0.25) is 4.79 Å². The molecule has 2 heterocycles. The SMILES string of the molecule is CCCCCCCCCCCCCCCCCCCCCCCCCCCCCCC(O)C(COC1OC(CO)C(OC2OC(CO)C(O)C(O)C2O)C(O)C1O)NC(=O)CCCCCCCCCCCCCCCCCCC. The van der Waals surface area contributed by atoms with Gasteiger partial charge in [0.25, 0.3) is 0 Å². The molecule has 2 aliphatic rings. The first-order chi connectivity index (χ1) is 38.6. The predicted octanol–water partition coefficient (Wildman–Crippen LogP) is 12.8. The van der Waals surface area contributed by atoms with Crippen LogP contribution in [0, 0.1) is 0 Å². The van der Waals surface area contributed by atoms with Gasteiger partial charge in [-0.2, -0.15) is 0 Å². The fraction of sp³-hybridized carbons (Fsp3) is 0.985. The summed E-state index contributed by atoms with van der Waals surface area (Å²) in [5.74, 6) is -0.199. The largest absolute Gasteiger partial charge is 0.394 e. The molecule has 0 radical (unpaired) electrons. The van der Waals surface area contributed by atoms with Crippen molar-refractivity contribution in [3.8, 4) is 0 Å². The summed E-state index contributed by atoms with van der Waals surface area (Å²) in [4.78, 5) is 13.3. The summed E-state index contributed by atoms with van der Waals surface area (Å²) in [5.41, 5.74) is 0. The Morgan fingerprint density at radius 3 is 1.08 bits per heavy atom. The number of hydrogen-bond donors (Lipinski definition) is 9. The molecule has 0 bridgehead atoms. The number of unbranched alkanes of at least 4 members (excludes halogenated alkanes) is 43. The lowest BCUT2D eigenvalue weighted by atomic mass is 9.97. The van der Waals surface area contributed by atoms with Gasteiger partial charge < -0.3 is 65.1 Å². The Morgan fingerprint density at radius 2 is 0.722 bits per heavy atom. The van der Waals surface area contributed by atoms with Gasteiger partial charge in [-0.15, -0.1) is 0 Å². The van der Waals surface area contributed by atoms with E-state index in [1.807, 2.05) is 0 Å². The third-order valence-corrected chi connectivity index (χ3v) is 17.1. The van der Waals surface area contributed by atoms with Gasteiger partial charge in [0.1, 0.15) is 48.8 Å². The highest BCUT2D eigenvalue weighted by atomic mass is 16.7. The van der Waals surface area contributed by atoms with Gasteiger partial charge in [0, 0.05) is 6.42 Å². The molecule has 2 aliphatic heterocycles. The standard InChI is InChI=1S/C65H127NO13/c1-3-5-7-9-11-13-15-17-19-21-22-23-24-25-26-27-28-29-30-31-33-34-36-38-40-42-44-46-48-54(69)53(66-57(70)49-47-45-43-41-39-37-35-32-20-18-16-14-12-10-8-6-4-2)52-76-64-62(75)60(73)63(56(51-68)78-64)79-65-61(74)59(72)58(71)55(50-67)77-65/h53-56,58-65,67-69,71-75H,3-52H2,1-2H3,(H,66,70). The molecule has 0 aromatic heterocycles. The first-order valence-electron chi connectivity index (χ1n) is 33.8. The van der Waals surface area contributed by atoms with E-state index in [0.717, 1.165) is 51.4 Å². The van der Waals surface area contributed by atoms with Crippen molar-refractivity contribution < 1.29 is 64.6 Å². The summed E-state index contributed by atoms with van der Waals surface area (Å²) in [6, 6.07) is -0.823. The number of hydrogen-bond acceptors (Lipinski definition) is 13. The van der Waals surface area contributed by atoms with Gasteiger partial charge in [-0.25, -0.2) is 0 Å². The summed E-state index contributed by atoms with van der Waals surface area (Å²) in [5, 5.41) is 87.5. The van der Waals surface area contributed by atoms with E-state index in [9.17, 15) is 45.6 Å². The van der Waals surface area contributed by atoms with Crippen LogP contribution in [0.4, 0.5) is 0 Å². The Morgan fingerprint density at radius 1 is 0.405 bits per heavy atom. The van der Waals surface area contributed by atoms with Gasteiger partial charge in [-0.1, -0.05) is 296 Å². The molecule has 2 rings (SSSR count). The fourth-order valence-electron chi connectivity index (χ4n) is 11.7. The highest BCUT2D eigenvalue weighted by Gasteiger charge is 2.51. The molecule has 0 aromatic rings. The van der Waals surface area contributed by atoms with Gasteiger partial charge in [0.05, 0.1) is 32.0 Å². The molecule has 2 fully saturated rings. The van der Waals surface area contributed by atoms with E-state index < -0.39 is 86.8 Å².